The summed E-state index contributed by atoms with van der Waals surface area (Å²) < 4.78 is 0. The third kappa shape index (κ3) is 3.46. The van der Waals surface area contributed by atoms with Crippen LogP contribution in [0.4, 0.5) is 0 Å². The van der Waals surface area contributed by atoms with E-state index in [0.717, 1.165) is 25.9 Å². The number of likely N-dealkylation sites (tertiary alicyclic amines) is 1. The normalized spacial score (nSPS) is 33.2. The fourth-order valence-electron chi connectivity index (χ4n) is 2.75. The Hall–Kier alpha value is -0.610. The Labute approximate surface area is 97.8 Å². The Bertz CT molecular complexity index is 244. The zero-order valence-electron chi connectivity index (χ0n) is 10.2. The number of likely N-dealkylation sites (N-methyl/N-ethyl adjacent to an activating group) is 1. The quantitative estimate of drug-likeness (QED) is 0.712. The average molecular weight is 225 g/mol. The summed E-state index contributed by atoms with van der Waals surface area (Å²) in [5.74, 6) is 0.208. The lowest BCUT2D eigenvalue weighted by Crippen LogP contribution is -2.48. The number of nitrogens with zero attached hydrogens (tertiary/aromatic N) is 1. The molecule has 2 heterocycles. The van der Waals surface area contributed by atoms with E-state index in [1.54, 1.807) is 0 Å². The van der Waals surface area contributed by atoms with E-state index in [4.69, 9.17) is 0 Å². The summed E-state index contributed by atoms with van der Waals surface area (Å²) in [5.41, 5.74) is 0. The van der Waals surface area contributed by atoms with Crippen LogP contribution in [0.3, 0.4) is 0 Å². The highest BCUT2D eigenvalue weighted by Crippen LogP contribution is 2.12. The minimum Gasteiger partial charge on any atom is -0.356 e. The van der Waals surface area contributed by atoms with Gasteiger partial charge in [-0.25, -0.2) is 0 Å². The van der Waals surface area contributed by atoms with Gasteiger partial charge in [-0.15, -0.1) is 0 Å². The molecule has 2 saturated heterocycles. The van der Waals surface area contributed by atoms with Gasteiger partial charge in [0.15, 0.2) is 0 Å². The molecular formula is C12H23N3O. The second kappa shape index (κ2) is 5.64. The Morgan fingerprint density at radius 2 is 2.12 bits per heavy atom. The van der Waals surface area contributed by atoms with E-state index in [2.05, 4.69) is 22.6 Å². The lowest BCUT2D eigenvalue weighted by atomic mass is 10.0. The van der Waals surface area contributed by atoms with Crippen LogP contribution in [0, 0.1) is 0 Å². The molecule has 0 saturated carbocycles. The van der Waals surface area contributed by atoms with Gasteiger partial charge in [-0.05, 0) is 39.3 Å². The molecule has 0 bridgehead atoms. The Morgan fingerprint density at radius 1 is 1.31 bits per heavy atom. The van der Waals surface area contributed by atoms with Gasteiger partial charge in [0, 0.05) is 31.6 Å². The maximum absolute atomic E-state index is 11.4. The van der Waals surface area contributed by atoms with Gasteiger partial charge in [-0.1, -0.05) is 0 Å². The molecule has 2 N–H and O–H groups in total. The maximum atomic E-state index is 11.4. The van der Waals surface area contributed by atoms with Gasteiger partial charge in [0.25, 0.3) is 0 Å². The highest BCUT2D eigenvalue weighted by Gasteiger charge is 2.23. The molecule has 2 aliphatic rings. The van der Waals surface area contributed by atoms with Crippen molar-refractivity contribution in [2.45, 2.75) is 44.2 Å². The van der Waals surface area contributed by atoms with E-state index < -0.39 is 0 Å². The van der Waals surface area contributed by atoms with E-state index in [1.807, 2.05) is 0 Å². The molecule has 2 unspecified atom stereocenters. The second-order valence-electron chi connectivity index (χ2n) is 5.16. The summed E-state index contributed by atoms with van der Waals surface area (Å²) in [7, 11) is 2.17. The molecule has 0 spiro atoms. The number of hydrogen-bond donors (Lipinski definition) is 2. The Kier molecular flexibility index (Phi) is 4.18. The molecule has 2 rings (SSSR count). The lowest BCUT2D eigenvalue weighted by molar-refractivity contribution is -0.121. The fourth-order valence-corrected chi connectivity index (χ4v) is 2.75. The molecular weight excluding hydrogens is 202 g/mol. The zero-order chi connectivity index (χ0) is 11.4. The van der Waals surface area contributed by atoms with Crippen LogP contribution in [0.1, 0.15) is 32.1 Å². The first-order valence-corrected chi connectivity index (χ1v) is 6.45. The van der Waals surface area contributed by atoms with Crippen LogP contribution in [-0.4, -0.2) is 49.6 Å². The molecule has 0 aromatic heterocycles. The van der Waals surface area contributed by atoms with Gasteiger partial charge in [0.2, 0.25) is 5.91 Å². The van der Waals surface area contributed by atoms with Crippen molar-refractivity contribution in [3.63, 3.8) is 0 Å². The van der Waals surface area contributed by atoms with Gasteiger partial charge in [-0.2, -0.15) is 0 Å². The lowest BCUT2D eigenvalue weighted by Gasteiger charge is -2.32. The molecule has 1 amide bonds. The Morgan fingerprint density at radius 3 is 2.94 bits per heavy atom. The molecule has 0 radical (unpaired) electrons. The van der Waals surface area contributed by atoms with Gasteiger partial charge in [0.1, 0.15) is 0 Å². The summed E-state index contributed by atoms with van der Waals surface area (Å²) in [5, 5.41) is 6.59. The third-order valence-electron chi connectivity index (χ3n) is 3.58. The molecule has 0 aromatic carbocycles. The number of amides is 1. The SMILES string of the molecule is CN1CCCC(NC2CCCNC(=O)C2)C1. The highest BCUT2D eigenvalue weighted by molar-refractivity contribution is 5.76. The largest absolute Gasteiger partial charge is 0.356 e. The number of piperidine rings is 1. The van der Waals surface area contributed by atoms with E-state index in [1.165, 1.54) is 19.4 Å². The monoisotopic (exact) mass is 225 g/mol. The maximum Gasteiger partial charge on any atom is 0.221 e. The predicted molar refractivity (Wildman–Crippen MR) is 64.3 cm³/mol. The van der Waals surface area contributed by atoms with Crippen LogP contribution in [0.5, 0.6) is 0 Å². The summed E-state index contributed by atoms with van der Waals surface area (Å²) in [6, 6.07) is 0.966. The molecule has 2 aliphatic heterocycles. The summed E-state index contributed by atoms with van der Waals surface area (Å²) >= 11 is 0. The van der Waals surface area contributed by atoms with Crippen molar-refractivity contribution in [1.82, 2.24) is 15.5 Å². The number of nitrogens with one attached hydrogen (secondary N) is 2. The van der Waals surface area contributed by atoms with Crippen LogP contribution in [0.2, 0.25) is 0 Å². The van der Waals surface area contributed by atoms with E-state index in [-0.39, 0.29) is 5.91 Å². The molecule has 0 aromatic rings. The average Bonchev–Trinajstić information content (AvgIpc) is 2.43. The molecule has 2 fully saturated rings. The van der Waals surface area contributed by atoms with Crippen molar-refractivity contribution < 1.29 is 4.79 Å². The molecule has 92 valence electrons. The van der Waals surface area contributed by atoms with Crippen molar-refractivity contribution in [3.8, 4) is 0 Å². The smallest absolute Gasteiger partial charge is 0.221 e. The summed E-state index contributed by atoms with van der Waals surface area (Å²) in [6.45, 7) is 3.18. The molecule has 4 heteroatoms. The van der Waals surface area contributed by atoms with Gasteiger partial charge < -0.3 is 15.5 Å². The van der Waals surface area contributed by atoms with Crippen LogP contribution < -0.4 is 10.6 Å². The van der Waals surface area contributed by atoms with E-state index in [9.17, 15) is 4.79 Å². The van der Waals surface area contributed by atoms with Crippen LogP contribution in [0.25, 0.3) is 0 Å². The minimum atomic E-state index is 0.208. The van der Waals surface area contributed by atoms with E-state index in [0.29, 0.717) is 18.5 Å². The minimum absolute atomic E-state index is 0.208. The number of rotatable bonds is 2. The standard InChI is InChI=1S/C12H23N3O/c1-15-7-3-5-11(9-15)14-10-4-2-6-13-12(16)8-10/h10-11,14H,2-9H2,1H3,(H,13,16). The van der Waals surface area contributed by atoms with Gasteiger partial charge >= 0.3 is 0 Å². The Balaban J connectivity index is 1.80. The van der Waals surface area contributed by atoms with Crippen molar-refractivity contribution in [1.29, 1.82) is 0 Å². The molecule has 4 nitrogen and oxygen atoms in total. The van der Waals surface area contributed by atoms with Crippen molar-refractivity contribution in [2.75, 3.05) is 26.7 Å². The van der Waals surface area contributed by atoms with Crippen LogP contribution in [-0.2, 0) is 4.79 Å². The van der Waals surface area contributed by atoms with E-state index >= 15 is 0 Å². The topological polar surface area (TPSA) is 44.4 Å². The van der Waals surface area contributed by atoms with Crippen molar-refractivity contribution >= 4 is 5.91 Å². The number of carbonyl (C=O) groups excluding carboxylic acids is 1. The van der Waals surface area contributed by atoms with Gasteiger partial charge in [0.05, 0.1) is 0 Å². The van der Waals surface area contributed by atoms with Crippen molar-refractivity contribution in [3.05, 3.63) is 0 Å². The van der Waals surface area contributed by atoms with Gasteiger partial charge in [-0.3, -0.25) is 4.79 Å². The predicted octanol–water partition coefficient (Wildman–Crippen LogP) is 0.339. The number of hydrogen-bond acceptors (Lipinski definition) is 3. The molecule has 16 heavy (non-hydrogen) atoms. The third-order valence-corrected chi connectivity index (χ3v) is 3.58. The highest BCUT2D eigenvalue weighted by atomic mass is 16.1. The van der Waals surface area contributed by atoms with Crippen LogP contribution >= 0.6 is 0 Å². The van der Waals surface area contributed by atoms with Crippen LogP contribution in [0.15, 0.2) is 0 Å². The second-order valence-corrected chi connectivity index (χ2v) is 5.16. The van der Waals surface area contributed by atoms with Crippen molar-refractivity contribution in [2.24, 2.45) is 0 Å². The molecule has 2 atom stereocenters. The first kappa shape index (κ1) is 11.9. The summed E-state index contributed by atoms with van der Waals surface area (Å²) in [6.07, 6.45) is 5.40. The summed E-state index contributed by atoms with van der Waals surface area (Å²) in [4.78, 5) is 13.8. The zero-order valence-corrected chi connectivity index (χ0v) is 10.2. The molecule has 0 aliphatic carbocycles. The first-order valence-electron chi connectivity index (χ1n) is 6.45. The fraction of sp³-hybridized carbons (Fsp3) is 0.917. The number of carbonyl (C=O) groups is 1. The first-order chi connectivity index (χ1) is 7.74.